The van der Waals surface area contributed by atoms with Gasteiger partial charge >= 0.3 is 6.09 Å². The quantitative estimate of drug-likeness (QED) is 0.647. The van der Waals surface area contributed by atoms with Crippen molar-refractivity contribution < 1.29 is 28.8 Å². The number of amides is 2. The lowest BCUT2D eigenvalue weighted by atomic mass is 9.83. The van der Waals surface area contributed by atoms with Gasteiger partial charge in [0, 0.05) is 16.7 Å². The summed E-state index contributed by atoms with van der Waals surface area (Å²) >= 11 is 0. The third kappa shape index (κ3) is 4.06. The number of ketones is 2. The molecular formula is C23H24N3O5+. The maximum atomic E-state index is 13.0. The molecule has 0 atom stereocenters. The van der Waals surface area contributed by atoms with E-state index in [0.29, 0.717) is 55.2 Å². The van der Waals surface area contributed by atoms with Crippen LogP contribution in [0.2, 0.25) is 0 Å². The summed E-state index contributed by atoms with van der Waals surface area (Å²) in [7, 11) is 0. The number of fused-ring (bicyclic) bond motifs is 2. The summed E-state index contributed by atoms with van der Waals surface area (Å²) in [5.41, 5.74) is 1.62. The number of rotatable bonds is 4. The minimum Gasteiger partial charge on any atom is -0.450 e. The maximum Gasteiger partial charge on any atom is 0.410 e. The number of quaternary nitrogens is 1. The van der Waals surface area contributed by atoms with Crippen molar-refractivity contribution in [2.75, 3.05) is 44.6 Å². The van der Waals surface area contributed by atoms with Crippen LogP contribution < -0.4 is 10.2 Å². The summed E-state index contributed by atoms with van der Waals surface area (Å²) < 4.78 is 5.01. The lowest BCUT2D eigenvalue weighted by Crippen LogP contribution is -3.15. The molecule has 1 aliphatic heterocycles. The third-order valence-corrected chi connectivity index (χ3v) is 5.63. The predicted octanol–water partition coefficient (Wildman–Crippen LogP) is 0.758. The first-order valence-corrected chi connectivity index (χ1v) is 10.4. The first-order valence-electron chi connectivity index (χ1n) is 10.4. The topological polar surface area (TPSA) is 97.2 Å². The van der Waals surface area contributed by atoms with Crippen molar-refractivity contribution >= 4 is 29.3 Å². The Morgan fingerprint density at radius 1 is 0.968 bits per heavy atom. The van der Waals surface area contributed by atoms with Crippen molar-refractivity contribution in [3.8, 4) is 0 Å². The number of nitrogens with zero attached hydrogens (tertiary/aromatic N) is 1. The number of hydrogen-bond donors (Lipinski definition) is 2. The van der Waals surface area contributed by atoms with Gasteiger partial charge in [-0.15, -0.1) is 0 Å². The fraction of sp³-hybridized carbons (Fsp3) is 0.304. The van der Waals surface area contributed by atoms with E-state index in [1.807, 2.05) is 0 Å². The number of carbonyl (C=O) groups is 4. The highest BCUT2D eigenvalue weighted by molar-refractivity contribution is 6.30. The van der Waals surface area contributed by atoms with Gasteiger partial charge in [0.1, 0.15) is 0 Å². The van der Waals surface area contributed by atoms with Gasteiger partial charge in [0.2, 0.25) is 0 Å². The second-order valence-corrected chi connectivity index (χ2v) is 7.59. The molecule has 1 fully saturated rings. The van der Waals surface area contributed by atoms with Crippen LogP contribution in [-0.4, -0.2) is 67.8 Å². The van der Waals surface area contributed by atoms with Crippen molar-refractivity contribution in [1.82, 2.24) is 4.90 Å². The Morgan fingerprint density at radius 2 is 1.61 bits per heavy atom. The van der Waals surface area contributed by atoms with Gasteiger partial charge in [-0.05, 0) is 13.0 Å². The number of hydrogen-bond acceptors (Lipinski definition) is 5. The summed E-state index contributed by atoms with van der Waals surface area (Å²) in [6.07, 6.45) is -0.328. The van der Waals surface area contributed by atoms with E-state index in [0.717, 1.165) is 4.90 Å². The number of benzene rings is 2. The largest absolute Gasteiger partial charge is 0.450 e. The Bertz CT molecular complexity index is 1060. The Kier molecular flexibility index (Phi) is 5.81. The third-order valence-electron chi connectivity index (χ3n) is 5.63. The number of nitrogens with one attached hydrogen (secondary N) is 2. The zero-order valence-electron chi connectivity index (χ0n) is 17.3. The van der Waals surface area contributed by atoms with Crippen LogP contribution in [0.1, 0.15) is 38.8 Å². The second kappa shape index (κ2) is 8.69. The Morgan fingerprint density at radius 3 is 2.29 bits per heavy atom. The molecule has 1 saturated heterocycles. The molecule has 2 aliphatic rings. The molecule has 1 heterocycles. The first-order chi connectivity index (χ1) is 15.0. The van der Waals surface area contributed by atoms with Crippen LogP contribution in [0, 0.1) is 0 Å². The average Bonchev–Trinajstić information content (AvgIpc) is 2.78. The van der Waals surface area contributed by atoms with Crippen LogP contribution in [0.4, 0.5) is 10.5 Å². The summed E-state index contributed by atoms with van der Waals surface area (Å²) in [6.45, 7) is 4.61. The molecule has 31 heavy (non-hydrogen) atoms. The van der Waals surface area contributed by atoms with Crippen molar-refractivity contribution in [3.05, 3.63) is 64.7 Å². The Hall–Kier alpha value is -3.52. The van der Waals surface area contributed by atoms with Gasteiger partial charge in [-0.3, -0.25) is 19.3 Å². The van der Waals surface area contributed by atoms with Gasteiger partial charge in [0.25, 0.3) is 5.91 Å². The molecule has 8 nitrogen and oxygen atoms in total. The first kappa shape index (κ1) is 20.7. The van der Waals surface area contributed by atoms with E-state index in [-0.39, 0.29) is 35.7 Å². The maximum absolute atomic E-state index is 13.0. The summed E-state index contributed by atoms with van der Waals surface area (Å²) in [5.74, 6) is -0.731. The molecule has 4 rings (SSSR count). The fourth-order valence-electron chi connectivity index (χ4n) is 4.07. The lowest BCUT2D eigenvalue weighted by Gasteiger charge is -2.31. The van der Waals surface area contributed by atoms with Crippen molar-refractivity contribution in [3.63, 3.8) is 0 Å². The number of piperazine rings is 1. The van der Waals surface area contributed by atoms with Crippen molar-refractivity contribution in [2.45, 2.75) is 6.92 Å². The molecule has 0 radical (unpaired) electrons. The number of ether oxygens (including phenoxy) is 1. The minimum atomic E-state index is -0.328. The van der Waals surface area contributed by atoms with E-state index in [2.05, 4.69) is 5.32 Å². The fourth-order valence-corrected chi connectivity index (χ4v) is 4.07. The molecule has 1 aliphatic carbocycles. The second-order valence-electron chi connectivity index (χ2n) is 7.59. The van der Waals surface area contributed by atoms with Gasteiger partial charge in [0.05, 0.1) is 44.0 Å². The molecule has 2 amide bonds. The molecule has 2 aromatic carbocycles. The van der Waals surface area contributed by atoms with E-state index in [1.165, 1.54) is 0 Å². The van der Waals surface area contributed by atoms with E-state index < -0.39 is 0 Å². The summed E-state index contributed by atoms with van der Waals surface area (Å²) in [4.78, 5) is 53.0. The van der Waals surface area contributed by atoms with Gasteiger partial charge in [-0.1, -0.05) is 36.4 Å². The smallest absolute Gasteiger partial charge is 0.410 e. The molecule has 160 valence electrons. The lowest BCUT2D eigenvalue weighted by molar-refractivity contribution is -0.895. The molecule has 0 unspecified atom stereocenters. The molecule has 0 saturated carbocycles. The van der Waals surface area contributed by atoms with E-state index in [9.17, 15) is 19.2 Å². The average molecular weight is 422 g/mol. The molecule has 2 N–H and O–H groups in total. The molecule has 0 spiro atoms. The number of anilines is 1. The van der Waals surface area contributed by atoms with Crippen LogP contribution in [0.3, 0.4) is 0 Å². The standard InChI is InChI=1S/C23H23N3O5/c1-2-31-23(30)26-12-10-25(11-13-26)14-19(27)24-18-9-5-8-17-20(18)22(29)16-7-4-3-6-15(16)21(17)28/h3-9H,2,10-14H2,1H3,(H,24,27)/p+1. The highest BCUT2D eigenvalue weighted by Crippen LogP contribution is 2.31. The molecule has 8 heteroatoms. The van der Waals surface area contributed by atoms with Gasteiger partial charge in [-0.25, -0.2) is 4.79 Å². The Balaban J connectivity index is 1.44. The van der Waals surface area contributed by atoms with Crippen molar-refractivity contribution in [1.29, 1.82) is 0 Å². The zero-order chi connectivity index (χ0) is 22.0. The Labute approximate surface area is 179 Å². The SMILES string of the molecule is CCOC(=O)N1CC[NH+](CC(=O)Nc2cccc3c2C(=O)c2ccccc2C3=O)CC1. The van der Waals surface area contributed by atoms with E-state index >= 15 is 0 Å². The zero-order valence-corrected chi connectivity index (χ0v) is 17.3. The van der Waals surface area contributed by atoms with Crippen LogP contribution in [0.5, 0.6) is 0 Å². The molecular weight excluding hydrogens is 398 g/mol. The van der Waals surface area contributed by atoms with Crippen LogP contribution in [0.15, 0.2) is 42.5 Å². The molecule has 0 bridgehead atoms. The molecule has 2 aromatic rings. The van der Waals surface area contributed by atoms with Crippen LogP contribution in [0.25, 0.3) is 0 Å². The van der Waals surface area contributed by atoms with E-state index in [4.69, 9.17) is 4.74 Å². The van der Waals surface area contributed by atoms with Crippen LogP contribution >= 0.6 is 0 Å². The van der Waals surface area contributed by atoms with Crippen LogP contribution in [-0.2, 0) is 9.53 Å². The monoisotopic (exact) mass is 422 g/mol. The highest BCUT2D eigenvalue weighted by atomic mass is 16.6. The predicted molar refractivity (Wildman–Crippen MR) is 113 cm³/mol. The minimum absolute atomic E-state index is 0.207. The normalized spacial score (nSPS) is 15.8. The summed E-state index contributed by atoms with van der Waals surface area (Å²) in [5, 5.41) is 2.82. The highest BCUT2D eigenvalue weighted by Gasteiger charge is 2.32. The van der Waals surface area contributed by atoms with E-state index in [1.54, 1.807) is 54.3 Å². The molecule has 0 aromatic heterocycles. The van der Waals surface area contributed by atoms with Gasteiger partial charge in [0.15, 0.2) is 18.1 Å². The van der Waals surface area contributed by atoms with Crippen molar-refractivity contribution in [2.24, 2.45) is 0 Å². The van der Waals surface area contributed by atoms with Gasteiger partial charge < -0.3 is 15.0 Å². The summed E-state index contributed by atoms with van der Waals surface area (Å²) in [6, 6.07) is 11.6. The van der Waals surface area contributed by atoms with Gasteiger partial charge in [-0.2, -0.15) is 0 Å². The number of carbonyl (C=O) groups excluding carboxylic acids is 4.